The number of halogens is 1. The van der Waals surface area contributed by atoms with E-state index in [1.807, 2.05) is 24.3 Å². The molecule has 1 N–H and O–H groups in total. The minimum atomic E-state index is -0.561. The quantitative estimate of drug-likeness (QED) is 0.213. The van der Waals surface area contributed by atoms with Crippen molar-refractivity contribution in [2.24, 2.45) is 0 Å². The molecule has 0 fully saturated rings. The Bertz CT molecular complexity index is 1380. The maximum absolute atomic E-state index is 13.3. The second-order valence-corrected chi connectivity index (χ2v) is 8.63. The van der Waals surface area contributed by atoms with Crippen LogP contribution in [0, 0.1) is 15.9 Å². The first-order valence-corrected chi connectivity index (χ1v) is 11.1. The zero-order chi connectivity index (χ0) is 24.2. The number of carbonyl (C=O) groups is 1. The number of hydrogen-bond donors (Lipinski definition) is 1. The molecule has 1 aromatic heterocycles. The molecule has 0 radical (unpaired) electrons. The van der Waals surface area contributed by atoms with Crippen LogP contribution >= 0.6 is 11.8 Å². The first-order chi connectivity index (χ1) is 16.4. The average Bonchev–Trinajstić information content (AvgIpc) is 2.85. The fourth-order valence-electron chi connectivity index (χ4n) is 3.34. The molecular formula is C24H19FN4O4S. The molecule has 4 aromatic rings. The lowest BCUT2D eigenvalue weighted by atomic mass is 10.1. The van der Waals surface area contributed by atoms with E-state index in [-0.39, 0.29) is 23.2 Å². The maximum atomic E-state index is 13.3. The summed E-state index contributed by atoms with van der Waals surface area (Å²) in [5.41, 5.74) is 1.54. The highest BCUT2D eigenvalue weighted by molar-refractivity contribution is 8.00. The van der Waals surface area contributed by atoms with Gasteiger partial charge in [-0.2, -0.15) is 0 Å². The fraction of sp³-hybridized carbons (Fsp3) is 0.125. The number of hydrogen-bond acceptors (Lipinski definition) is 7. The summed E-state index contributed by atoms with van der Waals surface area (Å²) in [6, 6.07) is 17.5. The maximum Gasteiger partial charge on any atom is 0.273 e. The largest absolute Gasteiger partial charge is 0.494 e. The number of ether oxygens (including phenoxy) is 1. The molecule has 0 aliphatic heterocycles. The molecule has 10 heteroatoms. The van der Waals surface area contributed by atoms with E-state index in [9.17, 15) is 19.3 Å². The summed E-state index contributed by atoms with van der Waals surface area (Å²) in [7, 11) is 1.37. The third kappa shape index (κ3) is 4.81. The Morgan fingerprint density at radius 2 is 1.79 bits per heavy atom. The van der Waals surface area contributed by atoms with Gasteiger partial charge in [0.1, 0.15) is 22.3 Å². The van der Waals surface area contributed by atoms with E-state index in [4.69, 9.17) is 4.74 Å². The van der Waals surface area contributed by atoms with E-state index in [2.05, 4.69) is 15.5 Å². The third-order valence-electron chi connectivity index (χ3n) is 5.08. The number of benzene rings is 3. The van der Waals surface area contributed by atoms with Crippen molar-refractivity contribution in [2.75, 3.05) is 12.4 Å². The second kappa shape index (κ2) is 9.84. The van der Waals surface area contributed by atoms with Gasteiger partial charge in [-0.15, -0.1) is 10.2 Å². The Morgan fingerprint density at radius 3 is 2.47 bits per heavy atom. The number of nitro groups is 1. The zero-order valence-electron chi connectivity index (χ0n) is 18.2. The van der Waals surface area contributed by atoms with E-state index in [1.165, 1.54) is 49.2 Å². The number of carbonyl (C=O) groups excluding carboxylic acids is 1. The molecule has 8 nitrogen and oxygen atoms in total. The molecule has 0 saturated carbocycles. The summed E-state index contributed by atoms with van der Waals surface area (Å²) < 4.78 is 18.5. The zero-order valence-corrected chi connectivity index (χ0v) is 19.0. The molecule has 4 rings (SSSR count). The van der Waals surface area contributed by atoms with Crippen molar-refractivity contribution in [2.45, 2.75) is 17.2 Å². The van der Waals surface area contributed by atoms with Crippen LogP contribution in [0.15, 0.2) is 71.8 Å². The molecule has 1 heterocycles. The number of thioether (sulfide) groups is 1. The minimum absolute atomic E-state index is 0.139. The number of fused-ring (bicyclic) bond motifs is 1. The van der Waals surface area contributed by atoms with E-state index in [1.54, 1.807) is 19.1 Å². The van der Waals surface area contributed by atoms with Gasteiger partial charge < -0.3 is 10.1 Å². The van der Waals surface area contributed by atoms with Crippen LogP contribution in [0.3, 0.4) is 0 Å². The molecule has 0 aliphatic carbocycles. The van der Waals surface area contributed by atoms with Gasteiger partial charge in [0, 0.05) is 22.4 Å². The van der Waals surface area contributed by atoms with Gasteiger partial charge in [-0.1, -0.05) is 36.0 Å². The molecule has 172 valence electrons. The first-order valence-electron chi connectivity index (χ1n) is 10.2. The van der Waals surface area contributed by atoms with Crippen LogP contribution in [0.25, 0.3) is 22.0 Å². The summed E-state index contributed by atoms with van der Waals surface area (Å²) in [4.78, 5) is 23.3. The van der Waals surface area contributed by atoms with Crippen LogP contribution in [-0.4, -0.2) is 33.4 Å². The van der Waals surface area contributed by atoms with Crippen molar-refractivity contribution in [3.05, 3.63) is 82.7 Å². The van der Waals surface area contributed by atoms with E-state index >= 15 is 0 Å². The van der Waals surface area contributed by atoms with Crippen molar-refractivity contribution in [1.29, 1.82) is 0 Å². The van der Waals surface area contributed by atoms with Crippen molar-refractivity contribution in [3.63, 3.8) is 0 Å². The number of nitro benzene ring substituents is 1. The average molecular weight is 479 g/mol. The number of rotatable bonds is 7. The Balaban J connectivity index is 1.58. The normalized spacial score (nSPS) is 11.7. The van der Waals surface area contributed by atoms with Crippen LogP contribution in [0.4, 0.5) is 15.8 Å². The van der Waals surface area contributed by atoms with Crippen molar-refractivity contribution >= 4 is 39.8 Å². The smallest absolute Gasteiger partial charge is 0.273 e. The number of anilines is 1. The van der Waals surface area contributed by atoms with Gasteiger partial charge in [0.25, 0.3) is 5.69 Å². The monoisotopic (exact) mass is 478 g/mol. The summed E-state index contributed by atoms with van der Waals surface area (Å²) >= 11 is 1.23. The standard InChI is InChI=1S/C24H19FN4O4S/c1-14(23(30)26-20-12-11-17(29(31)32)13-21(20)33-2)34-24-19-6-4-3-5-18(19)22(27-28-24)15-7-9-16(25)10-8-15/h3-14H,1-2H3,(H,26,30)/t14-/m1/s1. The van der Waals surface area contributed by atoms with Crippen molar-refractivity contribution in [3.8, 4) is 17.0 Å². The lowest BCUT2D eigenvalue weighted by molar-refractivity contribution is -0.384. The highest BCUT2D eigenvalue weighted by Crippen LogP contribution is 2.34. The van der Waals surface area contributed by atoms with E-state index in [0.29, 0.717) is 16.4 Å². The van der Waals surface area contributed by atoms with Crippen molar-refractivity contribution < 1.29 is 18.8 Å². The minimum Gasteiger partial charge on any atom is -0.494 e. The summed E-state index contributed by atoms with van der Waals surface area (Å²) in [5, 5.41) is 24.1. The van der Waals surface area contributed by atoms with Gasteiger partial charge >= 0.3 is 0 Å². The number of nitrogens with one attached hydrogen (secondary N) is 1. The molecular weight excluding hydrogens is 459 g/mol. The number of non-ortho nitro benzene ring substituents is 1. The van der Waals surface area contributed by atoms with Gasteiger partial charge in [-0.25, -0.2) is 4.39 Å². The summed E-state index contributed by atoms with van der Waals surface area (Å²) in [6.07, 6.45) is 0. The van der Waals surface area contributed by atoms with E-state index in [0.717, 1.165) is 16.3 Å². The van der Waals surface area contributed by atoms with Gasteiger partial charge in [-0.05, 0) is 37.3 Å². The lowest BCUT2D eigenvalue weighted by Crippen LogP contribution is -2.23. The van der Waals surface area contributed by atoms with Crippen LogP contribution in [0.2, 0.25) is 0 Å². The van der Waals surface area contributed by atoms with Crippen molar-refractivity contribution in [1.82, 2.24) is 10.2 Å². The van der Waals surface area contributed by atoms with Crippen LogP contribution in [0.1, 0.15) is 6.92 Å². The topological polar surface area (TPSA) is 107 Å². The SMILES string of the molecule is COc1cc([N+](=O)[O-])ccc1NC(=O)[C@@H](C)Sc1nnc(-c2ccc(F)cc2)c2ccccc12. The molecule has 0 aliphatic rings. The van der Waals surface area contributed by atoms with Crippen LogP contribution < -0.4 is 10.1 Å². The second-order valence-electron chi connectivity index (χ2n) is 7.30. The summed E-state index contributed by atoms with van der Waals surface area (Å²) in [6.45, 7) is 1.72. The Labute approximate surface area is 198 Å². The predicted octanol–water partition coefficient (Wildman–Crippen LogP) is 5.47. The van der Waals surface area contributed by atoms with Crippen LogP contribution in [-0.2, 0) is 4.79 Å². The van der Waals surface area contributed by atoms with Gasteiger partial charge in [0.15, 0.2) is 0 Å². The van der Waals surface area contributed by atoms with Gasteiger partial charge in [0.2, 0.25) is 5.91 Å². The molecule has 0 saturated heterocycles. The fourth-order valence-corrected chi connectivity index (χ4v) is 4.23. The first kappa shape index (κ1) is 23.1. The Hall–Kier alpha value is -4.05. The highest BCUT2D eigenvalue weighted by atomic mass is 32.2. The predicted molar refractivity (Wildman–Crippen MR) is 129 cm³/mol. The van der Waals surface area contributed by atoms with Crippen LogP contribution in [0.5, 0.6) is 5.75 Å². The molecule has 3 aromatic carbocycles. The molecule has 1 atom stereocenters. The van der Waals surface area contributed by atoms with E-state index < -0.39 is 10.2 Å². The molecule has 1 amide bonds. The number of aromatic nitrogens is 2. The Morgan fingerprint density at radius 1 is 1.09 bits per heavy atom. The lowest BCUT2D eigenvalue weighted by Gasteiger charge is -2.15. The summed E-state index contributed by atoms with van der Waals surface area (Å²) in [5.74, 6) is -0.475. The number of amides is 1. The number of methoxy groups -OCH3 is 1. The molecule has 0 spiro atoms. The van der Waals surface area contributed by atoms with Gasteiger partial charge in [-0.3, -0.25) is 14.9 Å². The highest BCUT2D eigenvalue weighted by Gasteiger charge is 2.21. The molecule has 0 unspecified atom stereocenters. The number of nitrogens with zero attached hydrogens (tertiary/aromatic N) is 3. The Kier molecular flexibility index (Phi) is 6.69. The van der Waals surface area contributed by atoms with Gasteiger partial charge in [0.05, 0.1) is 29.0 Å². The third-order valence-corrected chi connectivity index (χ3v) is 6.17. The molecule has 34 heavy (non-hydrogen) atoms. The molecule has 0 bridgehead atoms.